The van der Waals surface area contributed by atoms with Gasteiger partial charge in [-0.25, -0.2) is 4.98 Å². The molecule has 2 aliphatic heterocycles. The summed E-state index contributed by atoms with van der Waals surface area (Å²) in [7, 11) is 1.78. The van der Waals surface area contributed by atoms with E-state index >= 15 is 0 Å². The predicted molar refractivity (Wildman–Crippen MR) is 145 cm³/mol. The maximum atomic E-state index is 13.4. The van der Waals surface area contributed by atoms with Gasteiger partial charge in [0.1, 0.15) is 0 Å². The minimum absolute atomic E-state index is 0.0879. The van der Waals surface area contributed by atoms with Gasteiger partial charge in [-0.2, -0.15) is 13.2 Å². The fourth-order valence-electron chi connectivity index (χ4n) is 4.80. The smallest absolute Gasteiger partial charge is 0.370 e. The van der Waals surface area contributed by atoms with E-state index in [0.29, 0.717) is 62.0 Å². The summed E-state index contributed by atoms with van der Waals surface area (Å²) in [5.41, 5.74) is 2.90. The van der Waals surface area contributed by atoms with Crippen molar-refractivity contribution in [3.8, 4) is 0 Å². The van der Waals surface area contributed by atoms with Crippen molar-refractivity contribution in [2.45, 2.75) is 38.0 Å². The first-order valence-electron chi connectivity index (χ1n) is 12.3. The maximum Gasteiger partial charge on any atom is 0.393 e. The molecule has 2 unspecified atom stereocenters. The van der Waals surface area contributed by atoms with Crippen molar-refractivity contribution in [3.05, 3.63) is 44.9 Å². The number of aryl methyl sites for hydroxylation is 1. The summed E-state index contributed by atoms with van der Waals surface area (Å²) in [6.07, 6.45) is -2.90. The summed E-state index contributed by atoms with van der Waals surface area (Å²) in [5, 5.41) is 10.1. The number of hydrogen-bond donors (Lipinski definition) is 3. The molecule has 0 aliphatic carbocycles. The number of halogens is 6. The topological polar surface area (TPSA) is 74.2 Å². The van der Waals surface area contributed by atoms with Crippen molar-refractivity contribution in [2.24, 2.45) is 13.0 Å². The maximum absolute atomic E-state index is 13.4. The number of nitrogens with one attached hydrogen (secondary N) is 3. The molecule has 3 N–H and O–H groups in total. The monoisotopic (exact) mass is 588 g/mol. The van der Waals surface area contributed by atoms with Crippen LogP contribution in [0.3, 0.4) is 0 Å². The van der Waals surface area contributed by atoms with Crippen molar-refractivity contribution < 1.29 is 18.0 Å². The summed E-state index contributed by atoms with van der Waals surface area (Å²) in [4.78, 5) is 18.5. The van der Waals surface area contributed by atoms with E-state index in [0.717, 1.165) is 13.0 Å². The third kappa shape index (κ3) is 5.36. The van der Waals surface area contributed by atoms with Gasteiger partial charge in [-0.3, -0.25) is 4.79 Å². The van der Waals surface area contributed by atoms with Crippen molar-refractivity contribution in [2.75, 3.05) is 29.9 Å². The van der Waals surface area contributed by atoms with Gasteiger partial charge in [-0.1, -0.05) is 40.9 Å². The highest BCUT2D eigenvalue weighted by Gasteiger charge is 2.42. The summed E-state index contributed by atoms with van der Waals surface area (Å²) < 4.78 is 41.9. The molecule has 2 atom stereocenters. The SMILES string of the molecule is Cn1c(Nc2c(Cl)ccc(CNC(=O)C3CCN3)c2Cl)nc2cc(Cl)c(N3CCCC(C(F)(F)F)C3)cc21. The van der Waals surface area contributed by atoms with E-state index in [1.807, 2.05) is 0 Å². The van der Waals surface area contributed by atoms with Gasteiger partial charge in [0, 0.05) is 26.7 Å². The number of hydrogen-bond acceptors (Lipinski definition) is 5. The Morgan fingerprint density at radius 1 is 1.18 bits per heavy atom. The van der Waals surface area contributed by atoms with Crippen LogP contribution in [-0.4, -0.2) is 47.3 Å². The highest BCUT2D eigenvalue weighted by Crippen LogP contribution is 2.40. The second-order valence-electron chi connectivity index (χ2n) is 9.65. The number of alkyl halides is 3. The van der Waals surface area contributed by atoms with Crippen molar-refractivity contribution in [3.63, 3.8) is 0 Å². The van der Waals surface area contributed by atoms with E-state index in [-0.39, 0.29) is 31.5 Å². The standard InChI is InChI=1S/C25H26Cl3F3N6O/c1-36-20-10-19(37-8-2-3-14(12-37)25(29,30)31)16(27)9-18(20)34-24(36)35-22-15(26)5-4-13(21(22)28)11-33-23(38)17-6-7-32-17/h4-5,9-10,14,17,32H,2-3,6-8,11-12H2,1H3,(H,33,38)(H,34,35). The minimum Gasteiger partial charge on any atom is -0.370 e. The van der Waals surface area contributed by atoms with Crippen LogP contribution in [0.15, 0.2) is 24.3 Å². The number of imidazole rings is 1. The number of amides is 1. The lowest BCUT2D eigenvalue weighted by Gasteiger charge is -2.35. The molecule has 204 valence electrons. The lowest BCUT2D eigenvalue weighted by Crippen LogP contribution is -2.52. The number of piperidine rings is 1. The number of anilines is 3. The fraction of sp³-hybridized carbons (Fsp3) is 0.440. The molecule has 7 nitrogen and oxygen atoms in total. The van der Waals surface area contributed by atoms with Crippen LogP contribution >= 0.6 is 34.8 Å². The van der Waals surface area contributed by atoms with E-state index in [1.165, 1.54) is 0 Å². The van der Waals surface area contributed by atoms with Crippen LogP contribution in [0.25, 0.3) is 11.0 Å². The summed E-state index contributed by atoms with van der Waals surface area (Å²) in [5.74, 6) is -1.06. The Morgan fingerprint density at radius 2 is 1.95 bits per heavy atom. The van der Waals surface area contributed by atoms with Crippen molar-refractivity contribution in [1.82, 2.24) is 20.2 Å². The predicted octanol–water partition coefficient (Wildman–Crippen LogP) is 6.03. The Kier molecular flexibility index (Phi) is 7.61. The molecule has 3 heterocycles. The molecular weight excluding hydrogens is 564 g/mol. The molecule has 13 heteroatoms. The summed E-state index contributed by atoms with van der Waals surface area (Å²) in [6, 6.07) is 6.66. The fourth-order valence-corrected chi connectivity index (χ4v) is 5.60. The van der Waals surface area contributed by atoms with Gasteiger partial charge in [-0.05, 0) is 49.6 Å². The average molecular weight is 590 g/mol. The highest BCUT2D eigenvalue weighted by molar-refractivity contribution is 6.39. The number of benzene rings is 2. The van der Waals surface area contributed by atoms with E-state index < -0.39 is 12.1 Å². The first-order valence-corrected chi connectivity index (χ1v) is 13.4. The number of carbonyl (C=O) groups excluding carboxylic acids is 1. The quantitative estimate of drug-likeness (QED) is 0.327. The third-order valence-corrected chi connectivity index (χ3v) is 8.23. The molecule has 3 aromatic rings. The van der Waals surface area contributed by atoms with E-state index in [9.17, 15) is 18.0 Å². The molecule has 0 bridgehead atoms. The molecule has 2 aliphatic rings. The first kappa shape index (κ1) is 27.2. The summed E-state index contributed by atoms with van der Waals surface area (Å²) in [6.45, 7) is 1.41. The van der Waals surface area contributed by atoms with Gasteiger partial charge in [0.2, 0.25) is 11.9 Å². The average Bonchev–Trinajstić information content (AvgIpc) is 3.13. The molecular formula is C25H26Cl3F3N6O. The van der Waals surface area contributed by atoms with Crippen LogP contribution in [-0.2, 0) is 18.4 Å². The molecule has 1 aromatic heterocycles. The van der Waals surface area contributed by atoms with Crippen LogP contribution in [0.5, 0.6) is 0 Å². The molecule has 5 rings (SSSR count). The van der Waals surface area contributed by atoms with E-state index in [4.69, 9.17) is 34.8 Å². The zero-order chi connectivity index (χ0) is 27.2. The number of aromatic nitrogens is 2. The van der Waals surface area contributed by atoms with Crippen LogP contribution in [0.1, 0.15) is 24.8 Å². The molecule has 38 heavy (non-hydrogen) atoms. The second-order valence-corrected chi connectivity index (χ2v) is 10.8. The Hall–Kier alpha value is -2.40. The van der Waals surface area contributed by atoms with Crippen molar-refractivity contribution >= 4 is 69.1 Å². The largest absolute Gasteiger partial charge is 0.393 e. The van der Waals surface area contributed by atoms with Crippen LogP contribution in [0, 0.1) is 5.92 Å². The Balaban J connectivity index is 1.40. The molecule has 2 fully saturated rings. The lowest BCUT2D eigenvalue weighted by molar-refractivity contribution is -0.176. The van der Waals surface area contributed by atoms with Crippen LogP contribution in [0.4, 0.5) is 30.5 Å². The zero-order valence-electron chi connectivity index (χ0n) is 20.4. The molecule has 0 spiro atoms. The Bertz CT molecular complexity index is 1370. The Labute approximate surface area is 232 Å². The Morgan fingerprint density at radius 3 is 2.63 bits per heavy atom. The third-order valence-electron chi connectivity index (χ3n) is 7.18. The van der Waals surface area contributed by atoms with Gasteiger partial charge in [0.25, 0.3) is 0 Å². The van der Waals surface area contributed by atoms with Gasteiger partial charge in [-0.15, -0.1) is 0 Å². The normalized spacial score (nSPS) is 19.9. The number of fused-ring (bicyclic) bond motifs is 1. The minimum atomic E-state index is -4.25. The van der Waals surface area contributed by atoms with Crippen LogP contribution < -0.4 is 20.9 Å². The summed E-state index contributed by atoms with van der Waals surface area (Å²) >= 11 is 19.6. The molecule has 2 saturated heterocycles. The highest BCUT2D eigenvalue weighted by atomic mass is 35.5. The number of rotatable bonds is 6. The van der Waals surface area contributed by atoms with E-state index in [2.05, 4.69) is 20.9 Å². The van der Waals surface area contributed by atoms with Gasteiger partial charge >= 0.3 is 6.18 Å². The molecule has 0 saturated carbocycles. The van der Waals surface area contributed by atoms with Gasteiger partial charge < -0.3 is 25.4 Å². The number of carbonyl (C=O) groups is 1. The van der Waals surface area contributed by atoms with E-state index in [1.54, 1.807) is 40.8 Å². The first-order chi connectivity index (χ1) is 18.0. The zero-order valence-corrected chi connectivity index (χ0v) is 22.7. The molecule has 2 aromatic carbocycles. The van der Waals surface area contributed by atoms with Gasteiger partial charge in [0.15, 0.2) is 0 Å². The molecule has 1 amide bonds. The number of nitrogens with zero attached hydrogens (tertiary/aromatic N) is 3. The van der Waals surface area contributed by atoms with Crippen LogP contribution in [0.2, 0.25) is 15.1 Å². The molecule has 0 radical (unpaired) electrons. The second kappa shape index (κ2) is 10.6. The van der Waals surface area contributed by atoms with Gasteiger partial charge in [0.05, 0.1) is 49.4 Å². The lowest BCUT2D eigenvalue weighted by atomic mass is 9.97. The van der Waals surface area contributed by atoms with Crippen molar-refractivity contribution in [1.29, 1.82) is 0 Å².